The number of nitrogens with zero attached hydrogens (tertiary/aromatic N) is 1. The number of likely N-dealkylation sites (tertiary alicyclic amines) is 1. The zero-order valence-electron chi connectivity index (χ0n) is 16.3. The predicted molar refractivity (Wildman–Crippen MR) is 106 cm³/mol. The van der Waals surface area contributed by atoms with Crippen molar-refractivity contribution in [3.8, 4) is 5.75 Å². The van der Waals surface area contributed by atoms with E-state index in [9.17, 15) is 9.59 Å². The lowest BCUT2D eigenvalue weighted by Gasteiger charge is -2.25. The summed E-state index contributed by atoms with van der Waals surface area (Å²) in [6.45, 7) is 4.67. The molecule has 4 nitrogen and oxygen atoms in total. The number of hydrogen-bond acceptors (Lipinski definition) is 3. The summed E-state index contributed by atoms with van der Waals surface area (Å²) >= 11 is 0. The molecule has 1 saturated heterocycles. The molecule has 0 saturated carbocycles. The van der Waals surface area contributed by atoms with Crippen LogP contribution in [0.4, 0.5) is 0 Å². The number of carbonyl (C=O) groups is 2. The molecule has 27 heavy (non-hydrogen) atoms. The van der Waals surface area contributed by atoms with Gasteiger partial charge in [-0.2, -0.15) is 0 Å². The van der Waals surface area contributed by atoms with Crippen LogP contribution in [0.2, 0.25) is 0 Å². The molecular weight excluding hydrogens is 338 g/mol. The molecule has 142 valence electrons. The van der Waals surface area contributed by atoms with Gasteiger partial charge in [0.1, 0.15) is 5.75 Å². The second-order valence-corrected chi connectivity index (χ2v) is 7.26. The van der Waals surface area contributed by atoms with Gasteiger partial charge >= 0.3 is 0 Å². The molecule has 1 heterocycles. The van der Waals surface area contributed by atoms with Crippen molar-refractivity contribution in [1.82, 2.24) is 4.90 Å². The van der Waals surface area contributed by atoms with Gasteiger partial charge in [-0.15, -0.1) is 0 Å². The van der Waals surface area contributed by atoms with Crippen molar-refractivity contribution in [1.29, 1.82) is 0 Å². The minimum absolute atomic E-state index is 0.0461. The van der Waals surface area contributed by atoms with Gasteiger partial charge in [-0.25, -0.2) is 0 Å². The number of carbonyl (C=O) groups excluding carboxylic acids is 2. The molecule has 0 unspecified atom stereocenters. The van der Waals surface area contributed by atoms with Crippen LogP contribution in [0.1, 0.15) is 58.8 Å². The lowest BCUT2D eigenvalue weighted by molar-refractivity contribution is -0.132. The first-order valence-corrected chi connectivity index (χ1v) is 9.53. The maximum absolute atomic E-state index is 12.8. The third-order valence-electron chi connectivity index (χ3n) is 5.33. The van der Waals surface area contributed by atoms with E-state index >= 15 is 0 Å². The molecule has 0 spiro atoms. The lowest BCUT2D eigenvalue weighted by Crippen LogP contribution is -2.30. The van der Waals surface area contributed by atoms with Crippen LogP contribution < -0.4 is 4.74 Å². The number of amides is 1. The van der Waals surface area contributed by atoms with E-state index in [1.807, 2.05) is 61.2 Å². The van der Waals surface area contributed by atoms with Crippen molar-refractivity contribution in [3.05, 3.63) is 64.7 Å². The predicted octanol–water partition coefficient (Wildman–Crippen LogP) is 4.64. The molecule has 4 heteroatoms. The Bertz CT molecular complexity index is 826. The Hall–Kier alpha value is -2.62. The SMILES string of the molecule is COc1ccc([C@@H]2CCCN2C(=O)CCC(=O)c2cc(C)ccc2C)cc1. The molecule has 0 bridgehead atoms. The molecule has 0 aliphatic carbocycles. The second-order valence-electron chi connectivity index (χ2n) is 7.26. The van der Waals surface area contributed by atoms with Crippen LogP contribution in [0.5, 0.6) is 5.75 Å². The van der Waals surface area contributed by atoms with E-state index in [2.05, 4.69) is 0 Å². The number of benzene rings is 2. The maximum Gasteiger partial charge on any atom is 0.223 e. The second kappa shape index (κ2) is 8.38. The molecule has 1 atom stereocenters. The Morgan fingerprint density at radius 1 is 1.07 bits per heavy atom. The Balaban J connectivity index is 1.64. The molecule has 2 aromatic carbocycles. The topological polar surface area (TPSA) is 46.6 Å². The van der Waals surface area contributed by atoms with E-state index in [0.717, 1.165) is 47.4 Å². The van der Waals surface area contributed by atoms with Crippen LogP contribution >= 0.6 is 0 Å². The summed E-state index contributed by atoms with van der Waals surface area (Å²) in [5.74, 6) is 0.922. The van der Waals surface area contributed by atoms with Crippen LogP contribution in [-0.4, -0.2) is 30.2 Å². The lowest BCUT2D eigenvalue weighted by atomic mass is 9.99. The molecule has 0 N–H and O–H groups in total. The maximum atomic E-state index is 12.8. The van der Waals surface area contributed by atoms with E-state index in [1.165, 1.54) is 0 Å². The fourth-order valence-corrected chi connectivity index (χ4v) is 3.77. The number of rotatable bonds is 6. The van der Waals surface area contributed by atoms with Gasteiger partial charge in [-0.3, -0.25) is 9.59 Å². The van der Waals surface area contributed by atoms with Crippen LogP contribution in [0.25, 0.3) is 0 Å². The smallest absolute Gasteiger partial charge is 0.223 e. The van der Waals surface area contributed by atoms with Gasteiger partial charge in [-0.05, 0) is 56.0 Å². The molecule has 0 radical (unpaired) electrons. The van der Waals surface area contributed by atoms with Crippen molar-refractivity contribution >= 4 is 11.7 Å². The molecule has 1 aliphatic rings. The van der Waals surface area contributed by atoms with Crippen LogP contribution in [0, 0.1) is 13.8 Å². The summed E-state index contributed by atoms with van der Waals surface area (Å²) in [5.41, 5.74) is 3.89. The standard InChI is InChI=1S/C23H27NO3/c1-16-6-7-17(2)20(15-16)22(25)12-13-23(26)24-14-4-5-21(24)18-8-10-19(27-3)11-9-18/h6-11,15,21H,4-5,12-14H2,1-3H3/t21-/m0/s1. The molecular formula is C23H27NO3. The summed E-state index contributed by atoms with van der Waals surface area (Å²) in [4.78, 5) is 27.3. The van der Waals surface area contributed by atoms with Gasteiger partial charge in [-0.1, -0.05) is 29.8 Å². The summed E-state index contributed by atoms with van der Waals surface area (Å²) in [6, 6.07) is 13.9. The zero-order chi connectivity index (χ0) is 19.4. The van der Waals surface area contributed by atoms with Gasteiger partial charge in [0.15, 0.2) is 5.78 Å². The first-order valence-electron chi connectivity index (χ1n) is 9.53. The van der Waals surface area contributed by atoms with Crippen molar-refractivity contribution in [2.45, 2.75) is 45.6 Å². The Morgan fingerprint density at radius 2 is 1.81 bits per heavy atom. The number of Topliss-reactive ketones (excluding diaryl/α,β-unsaturated/α-hetero) is 1. The molecule has 3 rings (SSSR count). The summed E-state index contributed by atoms with van der Waals surface area (Å²) in [5, 5.41) is 0. The van der Waals surface area contributed by atoms with Crippen molar-refractivity contribution < 1.29 is 14.3 Å². The Labute approximate surface area is 161 Å². The van der Waals surface area contributed by atoms with Gasteiger partial charge in [0.05, 0.1) is 13.2 Å². The zero-order valence-corrected chi connectivity index (χ0v) is 16.3. The van der Waals surface area contributed by atoms with Gasteiger partial charge in [0, 0.05) is 24.9 Å². The number of hydrogen-bond donors (Lipinski definition) is 0. The monoisotopic (exact) mass is 365 g/mol. The quantitative estimate of drug-likeness (QED) is 0.701. The Morgan fingerprint density at radius 3 is 2.52 bits per heavy atom. The van der Waals surface area contributed by atoms with Crippen molar-refractivity contribution in [2.24, 2.45) is 0 Å². The number of aryl methyl sites for hydroxylation is 2. The van der Waals surface area contributed by atoms with E-state index in [0.29, 0.717) is 0 Å². The minimum Gasteiger partial charge on any atom is -0.497 e. The summed E-state index contributed by atoms with van der Waals surface area (Å²) in [7, 11) is 1.65. The summed E-state index contributed by atoms with van der Waals surface area (Å²) < 4.78 is 5.21. The third kappa shape index (κ3) is 4.38. The molecule has 1 aliphatic heterocycles. The number of methoxy groups -OCH3 is 1. The van der Waals surface area contributed by atoms with Gasteiger partial charge in [0.25, 0.3) is 0 Å². The van der Waals surface area contributed by atoms with Crippen LogP contribution in [-0.2, 0) is 4.79 Å². The molecule has 2 aromatic rings. The minimum atomic E-state index is 0.0461. The highest BCUT2D eigenvalue weighted by Gasteiger charge is 2.30. The van der Waals surface area contributed by atoms with Gasteiger partial charge < -0.3 is 9.64 Å². The molecule has 1 amide bonds. The largest absolute Gasteiger partial charge is 0.497 e. The average Bonchev–Trinajstić information content (AvgIpc) is 3.17. The van der Waals surface area contributed by atoms with Crippen molar-refractivity contribution in [3.63, 3.8) is 0 Å². The Kier molecular flexibility index (Phi) is 5.94. The highest BCUT2D eigenvalue weighted by Crippen LogP contribution is 2.33. The summed E-state index contributed by atoms with van der Waals surface area (Å²) in [6.07, 6.45) is 2.48. The van der Waals surface area contributed by atoms with E-state index in [1.54, 1.807) is 7.11 Å². The fourth-order valence-electron chi connectivity index (χ4n) is 3.77. The van der Waals surface area contributed by atoms with Crippen LogP contribution in [0.15, 0.2) is 42.5 Å². The van der Waals surface area contributed by atoms with Crippen LogP contribution in [0.3, 0.4) is 0 Å². The fraction of sp³-hybridized carbons (Fsp3) is 0.391. The first kappa shape index (κ1) is 19.2. The van der Waals surface area contributed by atoms with E-state index < -0.39 is 0 Å². The normalized spacial score (nSPS) is 16.4. The average molecular weight is 365 g/mol. The van der Waals surface area contributed by atoms with E-state index in [-0.39, 0.29) is 30.6 Å². The highest BCUT2D eigenvalue weighted by atomic mass is 16.5. The molecule has 1 fully saturated rings. The van der Waals surface area contributed by atoms with Crippen molar-refractivity contribution in [2.75, 3.05) is 13.7 Å². The third-order valence-corrected chi connectivity index (χ3v) is 5.33. The highest BCUT2D eigenvalue weighted by molar-refractivity contribution is 5.99. The van der Waals surface area contributed by atoms with Gasteiger partial charge in [0.2, 0.25) is 5.91 Å². The molecule has 0 aromatic heterocycles. The van der Waals surface area contributed by atoms with E-state index in [4.69, 9.17) is 4.74 Å². The first-order chi connectivity index (χ1) is 13.0. The number of ether oxygens (including phenoxy) is 1. The number of ketones is 1.